The second-order valence-corrected chi connectivity index (χ2v) is 6.98. The Labute approximate surface area is 130 Å². The lowest BCUT2D eigenvalue weighted by Crippen LogP contribution is -2.40. The normalized spacial score (nSPS) is 24.0. The Morgan fingerprint density at radius 1 is 1.10 bits per heavy atom. The van der Waals surface area contributed by atoms with E-state index >= 15 is 0 Å². The van der Waals surface area contributed by atoms with Gasteiger partial charge in [0.15, 0.2) is 5.96 Å². The second kappa shape index (κ2) is 9.29. The van der Waals surface area contributed by atoms with Crippen molar-refractivity contribution in [1.29, 1.82) is 0 Å². The highest BCUT2D eigenvalue weighted by Crippen LogP contribution is 2.17. The van der Waals surface area contributed by atoms with E-state index in [0.29, 0.717) is 12.0 Å². The first-order valence-corrected chi connectivity index (χ1v) is 9.03. The van der Waals surface area contributed by atoms with Gasteiger partial charge in [0.1, 0.15) is 0 Å². The lowest BCUT2D eigenvalue weighted by Gasteiger charge is -2.29. The molecule has 1 aliphatic heterocycles. The summed E-state index contributed by atoms with van der Waals surface area (Å²) in [4.78, 5) is 7.08. The second-order valence-electron chi connectivity index (χ2n) is 6.98. The van der Waals surface area contributed by atoms with E-state index in [1.54, 1.807) is 0 Å². The molecule has 2 aliphatic rings. The molecule has 1 saturated heterocycles. The van der Waals surface area contributed by atoms with Crippen molar-refractivity contribution in [2.24, 2.45) is 16.6 Å². The van der Waals surface area contributed by atoms with Gasteiger partial charge in [-0.3, -0.25) is 4.99 Å². The van der Waals surface area contributed by atoms with Gasteiger partial charge in [0.05, 0.1) is 0 Å². The van der Waals surface area contributed by atoms with Crippen LogP contribution in [-0.4, -0.2) is 43.1 Å². The summed E-state index contributed by atoms with van der Waals surface area (Å²) < 4.78 is 0. The minimum Gasteiger partial charge on any atom is -0.370 e. The molecule has 3 N–H and O–H groups in total. The zero-order valence-electron chi connectivity index (χ0n) is 13.8. The lowest BCUT2D eigenvalue weighted by atomic mass is 9.99. The minimum atomic E-state index is 0.555. The van der Waals surface area contributed by atoms with Crippen molar-refractivity contribution in [3.05, 3.63) is 0 Å². The van der Waals surface area contributed by atoms with Crippen LogP contribution in [0.15, 0.2) is 4.99 Å². The molecule has 1 aliphatic carbocycles. The first-order chi connectivity index (χ1) is 10.2. The molecule has 0 unspecified atom stereocenters. The van der Waals surface area contributed by atoms with Gasteiger partial charge >= 0.3 is 0 Å². The van der Waals surface area contributed by atoms with Crippen molar-refractivity contribution in [3.8, 4) is 0 Å². The van der Waals surface area contributed by atoms with E-state index in [0.717, 1.165) is 18.9 Å². The third kappa shape index (κ3) is 6.68. The molecule has 0 atom stereocenters. The highest BCUT2D eigenvalue weighted by molar-refractivity contribution is 5.78. The summed E-state index contributed by atoms with van der Waals surface area (Å²) >= 11 is 0. The van der Waals surface area contributed by atoms with E-state index < -0.39 is 0 Å². The maximum atomic E-state index is 6.02. The number of likely N-dealkylation sites (tertiary alicyclic amines) is 1. The fraction of sp³-hybridized carbons (Fsp3) is 0.941. The molecule has 21 heavy (non-hydrogen) atoms. The SMILES string of the molecule is CC1CCN(CCCN=C(N)NC2CCCCCC2)CC1. The van der Waals surface area contributed by atoms with Gasteiger partial charge in [-0.1, -0.05) is 32.6 Å². The lowest BCUT2D eigenvalue weighted by molar-refractivity contribution is 0.192. The number of aliphatic imine (C=N–C) groups is 1. The van der Waals surface area contributed by atoms with Crippen LogP contribution in [0, 0.1) is 5.92 Å². The van der Waals surface area contributed by atoms with Crippen LogP contribution in [0.1, 0.15) is 64.7 Å². The summed E-state index contributed by atoms with van der Waals surface area (Å²) in [5, 5.41) is 3.42. The summed E-state index contributed by atoms with van der Waals surface area (Å²) in [5.74, 6) is 1.58. The summed E-state index contributed by atoms with van der Waals surface area (Å²) in [6.07, 6.45) is 11.8. The molecule has 4 nitrogen and oxygen atoms in total. The number of piperidine rings is 1. The highest BCUT2D eigenvalue weighted by atomic mass is 15.1. The zero-order valence-corrected chi connectivity index (χ0v) is 13.8. The minimum absolute atomic E-state index is 0.555. The molecule has 0 aromatic rings. The Hall–Kier alpha value is -0.770. The van der Waals surface area contributed by atoms with Crippen molar-refractivity contribution in [2.75, 3.05) is 26.2 Å². The number of hydrogen-bond donors (Lipinski definition) is 2. The summed E-state index contributed by atoms with van der Waals surface area (Å²) in [6.45, 7) is 6.92. The Balaban J connectivity index is 1.57. The predicted molar refractivity (Wildman–Crippen MR) is 90.6 cm³/mol. The van der Waals surface area contributed by atoms with Crippen molar-refractivity contribution in [3.63, 3.8) is 0 Å². The van der Waals surface area contributed by atoms with Crippen LogP contribution in [0.2, 0.25) is 0 Å². The van der Waals surface area contributed by atoms with Gasteiger partial charge in [-0.15, -0.1) is 0 Å². The largest absolute Gasteiger partial charge is 0.370 e. The van der Waals surface area contributed by atoms with Crippen LogP contribution < -0.4 is 11.1 Å². The monoisotopic (exact) mass is 294 g/mol. The molecule has 2 fully saturated rings. The summed E-state index contributed by atoms with van der Waals surface area (Å²) in [5.41, 5.74) is 6.02. The van der Waals surface area contributed by atoms with Crippen LogP contribution in [-0.2, 0) is 0 Å². The molecular weight excluding hydrogens is 260 g/mol. The van der Waals surface area contributed by atoms with Gasteiger partial charge < -0.3 is 16.0 Å². The third-order valence-corrected chi connectivity index (χ3v) is 5.00. The van der Waals surface area contributed by atoms with E-state index in [-0.39, 0.29) is 0 Å². The van der Waals surface area contributed by atoms with Crippen molar-refractivity contribution in [2.45, 2.75) is 70.8 Å². The number of nitrogens with zero attached hydrogens (tertiary/aromatic N) is 2. The van der Waals surface area contributed by atoms with E-state index in [1.165, 1.54) is 71.0 Å². The van der Waals surface area contributed by atoms with Gasteiger partial charge in [-0.25, -0.2) is 0 Å². The number of guanidine groups is 1. The molecule has 0 aromatic heterocycles. The molecule has 2 rings (SSSR count). The topological polar surface area (TPSA) is 53.6 Å². The molecule has 1 heterocycles. The van der Waals surface area contributed by atoms with Gasteiger partial charge in [0.2, 0.25) is 0 Å². The summed E-state index contributed by atoms with van der Waals surface area (Å²) in [6, 6.07) is 0.555. The molecule has 4 heteroatoms. The first-order valence-electron chi connectivity index (χ1n) is 9.03. The van der Waals surface area contributed by atoms with Crippen LogP contribution >= 0.6 is 0 Å². The quantitative estimate of drug-likeness (QED) is 0.355. The standard InChI is InChI=1S/C17H34N4/c1-15-9-13-21(14-10-15)12-6-11-19-17(18)20-16-7-4-2-3-5-8-16/h15-16H,2-14H2,1H3,(H3,18,19,20). The molecule has 0 spiro atoms. The highest BCUT2D eigenvalue weighted by Gasteiger charge is 2.15. The Bertz CT molecular complexity index is 300. The smallest absolute Gasteiger partial charge is 0.188 e. The molecule has 1 saturated carbocycles. The first kappa shape index (κ1) is 16.6. The van der Waals surface area contributed by atoms with Crippen molar-refractivity contribution in [1.82, 2.24) is 10.2 Å². The van der Waals surface area contributed by atoms with Gasteiger partial charge in [0, 0.05) is 12.6 Å². The molecule has 0 amide bonds. The van der Waals surface area contributed by atoms with E-state index in [2.05, 4.69) is 22.1 Å². The average Bonchev–Trinajstić information content (AvgIpc) is 2.74. The Kier molecular flexibility index (Phi) is 7.34. The van der Waals surface area contributed by atoms with Crippen LogP contribution in [0.25, 0.3) is 0 Å². The van der Waals surface area contributed by atoms with Gasteiger partial charge in [0.25, 0.3) is 0 Å². The van der Waals surface area contributed by atoms with Crippen LogP contribution in [0.4, 0.5) is 0 Å². The number of hydrogen-bond acceptors (Lipinski definition) is 2. The Morgan fingerprint density at radius 2 is 1.76 bits per heavy atom. The Morgan fingerprint density at radius 3 is 2.43 bits per heavy atom. The number of rotatable bonds is 5. The average molecular weight is 294 g/mol. The predicted octanol–water partition coefficient (Wildman–Crippen LogP) is 2.74. The third-order valence-electron chi connectivity index (χ3n) is 5.00. The molecule has 122 valence electrons. The zero-order chi connectivity index (χ0) is 14.9. The summed E-state index contributed by atoms with van der Waals surface area (Å²) in [7, 11) is 0. The number of nitrogens with one attached hydrogen (secondary N) is 1. The molecule has 0 bridgehead atoms. The van der Waals surface area contributed by atoms with E-state index in [1.807, 2.05) is 0 Å². The fourth-order valence-electron chi connectivity index (χ4n) is 3.46. The van der Waals surface area contributed by atoms with Crippen LogP contribution in [0.5, 0.6) is 0 Å². The maximum Gasteiger partial charge on any atom is 0.188 e. The molecule has 0 aromatic carbocycles. The molecular formula is C17H34N4. The van der Waals surface area contributed by atoms with E-state index in [4.69, 9.17) is 5.73 Å². The van der Waals surface area contributed by atoms with Crippen molar-refractivity contribution < 1.29 is 0 Å². The molecule has 0 radical (unpaired) electrons. The maximum absolute atomic E-state index is 6.02. The van der Waals surface area contributed by atoms with E-state index in [9.17, 15) is 0 Å². The van der Waals surface area contributed by atoms with Crippen LogP contribution in [0.3, 0.4) is 0 Å². The van der Waals surface area contributed by atoms with Gasteiger partial charge in [-0.05, 0) is 57.7 Å². The van der Waals surface area contributed by atoms with Gasteiger partial charge in [-0.2, -0.15) is 0 Å². The van der Waals surface area contributed by atoms with Crippen molar-refractivity contribution >= 4 is 5.96 Å². The fourth-order valence-corrected chi connectivity index (χ4v) is 3.46. The number of nitrogens with two attached hydrogens (primary N) is 1.